The van der Waals surface area contributed by atoms with E-state index < -0.39 is 0 Å². The van der Waals surface area contributed by atoms with Gasteiger partial charge in [0.05, 0.1) is 0 Å². The summed E-state index contributed by atoms with van der Waals surface area (Å²) in [5.74, 6) is 0. The van der Waals surface area contributed by atoms with Crippen LogP contribution in [0.5, 0.6) is 0 Å². The zero-order valence-electron chi connectivity index (χ0n) is 9.86. The van der Waals surface area contributed by atoms with Crippen molar-refractivity contribution in [1.29, 1.82) is 0 Å². The van der Waals surface area contributed by atoms with Crippen molar-refractivity contribution in [3.8, 4) is 0 Å². The van der Waals surface area contributed by atoms with Gasteiger partial charge in [0, 0.05) is 26.7 Å². The second-order valence-corrected chi connectivity index (χ2v) is 4.14. The number of hydrogen-bond acceptors (Lipinski definition) is 2. The third kappa shape index (κ3) is 5.09. The van der Waals surface area contributed by atoms with E-state index in [0.717, 1.165) is 19.6 Å². The monoisotopic (exact) mass is 237 g/mol. The van der Waals surface area contributed by atoms with Crippen molar-refractivity contribution in [3.05, 3.63) is 35.9 Å². The topological polar surface area (TPSA) is 27.3 Å². The number of rotatable bonds is 5. The molecule has 3 nitrogen and oxygen atoms in total. The highest BCUT2D eigenvalue weighted by Crippen LogP contribution is 2.01. The average molecular weight is 237 g/mol. The van der Waals surface area contributed by atoms with Crippen molar-refractivity contribution in [1.82, 2.24) is 15.5 Å². The molecule has 0 amide bonds. The maximum Gasteiger partial charge on any atom is 0.166 e. The average Bonchev–Trinajstić information content (AvgIpc) is 2.30. The lowest BCUT2D eigenvalue weighted by molar-refractivity contribution is 0.331. The molecule has 0 aliphatic heterocycles. The van der Waals surface area contributed by atoms with Gasteiger partial charge >= 0.3 is 0 Å². The third-order valence-electron chi connectivity index (χ3n) is 2.30. The van der Waals surface area contributed by atoms with Crippen LogP contribution >= 0.6 is 12.2 Å². The number of thiocarbonyl (C=S) groups is 1. The summed E-state index contributed by atoms with van der Waals surface area (Å²) < 4.78 is 0. The Morgan fingerprint density at radius 3 is 2.62 bits per heavy atom. The molecule has 1 aromatic carbocycles. The smallest absolute Gasteiger partial charge is 0.166 e. The van der Waals surface area contributed by atoms with Crippen LogP contribution in [0, 0.1) is 0 Å². The largest absolute Gasteiger partial charge is 0.366 e. The van der Waals surface area contributed by atoms with Gasteiger partial charge in [-0.2, -0.15) is 0 Å². The minimum absolute atomic E-state index is 0.702. The van der Waals surface area contributed by atoms with Crippen molar-refractivity contribution >= 4 is 17.3 Å². The molecule has 0 radical (unpaired) electrons. The van der Waals surface area contributed by atoms with Crippen LogP contribution in [-0.2, 0) is 6.54 Å². The molecule has 0 unspecified atom stereocenters. The van der Waals surface area contributed by atoms with E-state index in [1.807, 2.05) is 13.1 Å². The van der Waals surface area contributed by atoms with Crippen molar-refractivity contribution in [2.75, 3.05) is 27.2 Å². The fourth-order valence-electron chi connectivity index (χ4n) is 1.42. The Labute approximate surface area is 103 Å². The number of nitrogens with zero attached hydrogens (tertiary/aromatic N) is 1. The maximum absolute atomic E-state index is 5.00. The number of nitrogens with one attached hydrogen (secondary N) is 2. The lowest BCUT2D eigenvalue weighted by Gasteiger charge is -2.17. The lowest BCUT2D eigenvalue weighted by atomic mass is 10.2. The first-order valence-electron chi connectivity index (χ1n) is 5.40. The van der Waals surface area contributed by atoms with Gasteiger partial charge in [-0.1, -0.05) is 30.3 Å². The highest BCUT2D eigenvalue weighted by Gasteiger charge is 1.99. The molecule has 0 aliphatic rings. The molecule has 16 heavy (non-hydrogen) atoms. The highest BCUT2D eigenvalue weighted by atomic mass is 32.1. The van der Waals surface area contributed by atoms with E-state index in [9.17, 15) is 0 Å². The standard InChI is InChI=1S/C12H19N3S/c1-13-12(16)14-8-9-15(2)10-11-6-4-3-5-7-11/h3-7H,8-10H2,1-2H3,(H2,13,14,16). The molecule has 4 heteroatoms. The van der Waals surface area contributed by atoms with E-state index >= 15 is 0 Å². The molecule has 0 fully saturated rings. The second-order valence-electron chi connectivity index (χ2n) is 3.73. The lowest BCUT2D eigenvalue weighted by Crippen LogP contribution is -2.37. The number of likely N-dealkylation sites (N-methyl/N-ethyl adjacent to an activating group) is 1. The van der Waals surface area contributed by atoms with E-state index in [1.54, 1.807) is 0 Å². The van der Waals surface area contributed by atoms with Crippen LogP contribution in [0.15, 0.2) is 30.3 Å². The zero-order chi connectivity index (χ0) is 11.8. The van der Waals surface area contributed by atoms with E-state index in [2.05, 4.69) is 46.8 Å². The normalized spacial score (nSPS) is 10.2. The Bertz CT molecular complexity index is 313. The van der Waals surface area contributed by atoms with E-state index in [4.69, 9.17) is 12.2 Å². The van der Waals surface area contributed by atoms with Crippen LogP contribution in [0.1, 0.15) is 5.56 Å². The SMILES string of the molecule is CNC(=S)NCCN(C)Cc1ccccc1. The molecular formula is C12H19N3S. The Morgan fingerprint density at radius 2 is 2.00 bits per heavy atom. The summed E-state index contributed by atoms with van der Waals surface area (Å²) in [4.78, 5) is 2.26. The summed E-state index contributed by atoms with van der Waals surface area (Å²) in [6.07, 6.45) is 0. The van der Waals surface area contributed by atoms with Gasteiger partial charge < -0.3 is 15.5 Å². The quantitative estimate of drug-likeness (QED) is 0.753. The molecular weight excluding hydrogens is 218 g/mol. The Kier molecular flexibility index (Phi) is 5.82. The molecule has 0 bridgehead atoms. The maximum atomic E-state index is 5.00. The molecule has 0 saturated carbocycles. The molecule has 1 aromatic rings. The molecule has 0 aliphatic carbocycles. The summed E-state index contributed by atoms with van der Waals surface area (Å²) >= 11 is 5.00. The molecule has 88 valence electrons. The molecule has 0 saturated heterocycles. The molecule has 2 N–H and O–H groups in total. The van der Waals surface area contributed by atoms with Crippen molar-refractivity contribution in [2.45, 2.75) is 6.54 Å². The van der Waals surface area contributed by atoms with E-state index in [0.29, 0.717) is 5.11 Å². The summed E-state index contributed by atoms with van der Waals surface area (Å²) in [7, 11) is 3.93. The van der Waals surface area contributed by atoms with Gasteiger partial charge in [0.2, 0.25) is 0 Å². The van der Waals surface area contributed by atoms with E-state index in [-0.39, 0.29) is 0 Å². The third-order valence-corrected chi connectivity index (χ3v) is 2.65. The van der Waals surface area contributed by atoms with Crippen molar-refractivity contribution in [2.24, 2.45) is 0 Å². The van der Waals surface area contributed by atoms with Crippen LogP contribution < -0.4 is 10.6 Å². The van der Waals surface area contributed by atoms with Crippen LogP contribution in [0.25, 0.3) is 0 Å². The first kappa shape index (κ1) is 12.9. The first-order chi connectivity index (χ1) is 7.72. The second kappa shape index (κ2) is 7.19. The fourth-order valence-corrected chi connectivity index (χ4v) is 1.52. The molecule has 0 heterocycles. The van der Waals surface area contributed by atoms with Gasteiger partial charge in [-0.3, -0.25) is 0 Å². The van der Waals surface area contributed by atoms with Gasteiger partial charge in [0.15, 0.2) is 5.11 Å². The first-order valence-corrected chi connectivity index (χ1v) is 5.81. The van der Waals surface area contributed by atoms with Crippen molar-refractivity contribution in [3.63, 3.8) is 0 Å². The van der Waals surface area contributed by atoms with E-state index in [1.165, 1.54) is 5.56 Å². The highest BCUT2D eigenvalue weighted by molar-refractivity contribution is 7.80. The van der Waals surface area contributed by atoms with Gasteiger partial charge in [-0.25, -0.2) is 0 Å². The van der Waals surface area contributed by atoms with Crippen LogP contribution in [0.4, 0.5) is 0 Å². The van der Waals surface area contributed by atoms with Gasteiger partial charge in [0.25, 0.3) is 0 Å². The Hall–Kier alpha value is -1.13. The summed E-state index contributed by atoms with van der Waals surface area (Å²) in [6.45, 7) is 2.80. The van der Waals surface area contributed by atoms with Crippen LogP contribution in [0.2, 0.25) is 0 Å². The predicted octanol–water partition coefficient (Wildman–Crippen LogP) is 1.21. The molecule has 1 rings (SSSR count). The fraction of sp³-hybridized carbons (Fsp3) is 0.417. The number of hydrogen-bond donors (Lipinski definition) is 2. The van der Waals surface area contributed by atoms with Gasteiger partial charge in [-0.05, 0) is 24.8 Å². The predicted molar refractivity (Wildman–Crippen MR) is 72.4 cm³/mol. The molecule has 0 spiro atoms. The Balaban J connectivity index is 2.21. The van der Waals surface area contributed by atoms with Gasteiger partial charge in [0.1, 0.15) is 0 Å². The summed E-state index contributed by atoms with van der Waals surface area (Å²) in [6, 6.07) is 10.5. The minimum Gasteiger partial charge on any atom is -0.366 e. The van der Waals surface area contributed by atoms with Crippen molar-refractivity contribution < 1.29 is 0 Å². The zero-order valence-corrected chi connectivity index (χ0v) is 10.7. The number of benzene rings is 1. The summed E-state index contributed by atoms with van der Waals surface area (Å²) in [5.41, 5.74) is 1.33. The molecule has 0 aromatic heterocycles. The van der Waals surface area contributed by atoms with Gasteiger partial charge in [-0.15, -0.1) is 0 Å². The minimum atomic E-state index is 0.702. The Morgan fingerprint density at radius 1 is 1.31 bits per heavy atom. The molecule has 0 atom stereocenters. The summed E-state index contributed by atoms with van der Waals surface area (Å²) in [5, 5.41) is 6.72. The van der Waals surface area contributed by atoms with Crippen LogP contribution in [-0.4, -0.2) is 37.2 Å². The van der Waals surface area contributed by atoms with Crippen LogP contribution in [0.3, 0.4) is 0 Å².